The number of fused-ring (bicyclic) bond motifs is 1. The number of carboxylic acids is 1. The number of carboxylic acid groups (broad SMARTS) is 1. The van der Waals surface area contributed by atoms with Crippen molar-refractivity contribution in [3.63, 3.8) is 0 Å². The van der Waals surface area contributed by atoms with Crippen molar-refractivity contribution in [3.05, 3.63) is 77.9 Å². The third-order valence-electron chi connectivity index (χ3n) is 4.56. The van der Waals surface area contributed by atoms with Crippen LogP contribution >= 0.6 is 0 Å². The SMILES string of the molecule is CCCCc1ccc(C[C@H](Oc2cccc3ccccc23)C(=O)O)cc1. The fourth-order valence-corrected chi connectivity index (χ4v) is 3.07. The van der Waals surface area contributed by atoms with Crippen molar-refractivity contribution in [1.82, 2.24) is 0 Å². The van der Waals surface area contributed by atoms with Crippen LogP contribution in [0.2, 0.25) is 0 Å². The van der Waals surface area contributed by atoms with Gasteiger partial charge < -0.3 is 9.84 Å². The second-order valence-corrected chi connectivity index (χ2v) is 6.55. The molecule has 0 spiro atoms. The molecule has 3 aromatic rings. The van der Waals surface area contributed by atoms with Crippen molar-refractivity contribution < 1.29 is 14.6 Å². The Morgan fingerprint density at radius 3 is 2.38 bits per heavy atom. The molecule has 3 heteroatoms. The lowest BCUT2D eigenvalue weighted by molar-refractivity contribution is -0.144. The summed E-state index contributed by atoms with van der Waals surface area (Å²) in [5.41, 5.74) is 2.26. The largest absolute Gasteiger partial charge is 0.478 e. The van der Waals surface area contributed by atoms with Gasteiger partial charge in [-0.3, -0.25) is 0 Å². The molecule has 0 heterocycles. The number of aliphatic carboxylic acids is 1. The minimum absolute atomic E-state index is 0.340. The zero-order valence-electron chi connectivity index (χ0n) is 15.0. The van der Waals surface area contributed by atoms with Crippen molar-refractivity contribution in [1.29, 1.82) is 0 Å². The van der Waals surface area contributed by atoms with Crippen molar-refractivity contribution in [2.24, 2.45) is 0 Å². The zero-order valence-corrected chi connectivity index (χ0v) is 15.0. The van der Waals surface area contributed by atoms with Crippen molar-refractivity contribution in [3.8, 4) is 5.75 Å². The Labute approximate surface area is 154 Å². The predicted octanol–water partition coefficient (Wildman–Crippen LogP) is 5.26. The van der Waals surface area contributed by atoms with E-state index in [1.165, 1.54) is 18.4 Å². The molecule has 0 unspecified atom stereocenters. The summed E-state index contributed by atoms with van der Waals surface area (Å²) in [5, 5.41) is 11.6. The molecule has 3 aromatic carbocycles. The Balaban J connectivity index is 1.76. The van der Waals surface area contributed by atoms with Crippen LogP contribution in [0.1, 0.15) is 30.9 Å². The minimum atomic E-state index is -0.951. The van der Waals surface area contributed by atoms with Gasteiger partial charge in [0, 0.05) is 11.8 Å². The molecule has 0 bridgehead atoms. The number of rotatable bonds is 8. The smallest absolute Gasteiger partial charge is 0.345 e. The van der Waals surface area contributed by atoms with Crippen molar-refractivity contribution >= 4 is 16.7 Å². The summed E-state index contributed by atoms with van der Waals surface area (Å²) < 4.78 is 5.89. The van der Waals surface area contributed by atoms with Crippen LogP contribution in [0.5, 0.6) is 5.75 Å². The molecule has 3 rings (SSSR count). The Bertz CT molecular complexity index is 863. The number of benzene rings is 3. The second kappa shape index (κ2) is 8.52. The van der Waals surface area contributed by atoms with Gasteiger partial charge in [0.15, 0.2) is 6.10 Å². The molecule has 0 aliphatic carbocycles. The third kappa shape index (κ3) is 4.42. The number of hydrogen-bond donors (Lipinski definition) is 1. The lowest BCUT2D eigenvalue weighted by atomic mass is 10.0. The molecule has 26 heavy (non-hydrogen) atoms. The topological polar surface area (TPSA) is 46.5 Å². The number of ether oxygens (including phenoxy) is 1. The van der Waals surface area contributed by atoms with E-state index in [1.54, 1.807) is 0 Å². The Morgan fingerprint density at radius 1 is 0.962 bits per heavy atom. The maximum atomic E-state index is 11.7. The van der Waals surface area contributed by atoms with E-state index in [1.807, 2.05) is 54.6 Å². The first-order valence-corrected chi connectivity index (χ1v) is 9.12. The molecule has 0 amide bonds. The first-order chi connectivity index (χ1) is 12.7. The highest BCUT2D eigenvalue weighted by atomic mass is 16.5. The van der Waals surface area contributed by atoms with E-state index in [-0.39, 0.29) is 0 Å². The van der Waals surface area contributed by atoms with Gasteiger partial charge in [-0.25, -0.2) is 4.79 Å². The van der Waals surface area contributed by atoms with Crippen LogP contribution in [0.15, 0.2) is 66.7 Å². The molecule has 0 radical (unpaired) electrons. The molecule has 3 nitrogen and oxygen atoms in total. The van der Waals surface area contributed by atoms with Gasteiger partial charge in [0.2, 0.25) is 0 Å². The molecule has 0 aromatic heterocycles. The average molecular weight is 348 g/mol. The van der Waals surface area contributed by atoms with Crippen LogP contribution in [0.4, 0.5) is 0 Å². The van der Waals surface area contributed by atoms with Gasteiger partial charge in [-0.15, -0.1) is 0 Å². The molecule has 0 aliphatic heterocycles. The molecule has 0 saturated heterocycles. The fourth-order valence-electron chi connectivity index (χ4n) is 3.07. The maximum Gasteiger partial charge on any atom is 0.345 e. The lowest BCUT2D eigenvalue weighted by Crippen LogP contribution is -2.29. The second-order valence-electron chi connectivity index (χ2n) is 6.55. The van der Waals surface area contributed by atoms with Crippen LogP contribution in [0.3, 0.4) is 0 Å². The highest BCUT2D eigenvalue weighted by Crippen LogP contribution is 2.26. The number of unbranched alkanes of at least 4 members (excludes halogenated alkanes) is 1. The van der Waals surface area contributed by atoms with Gasteiger partial charge in [0.1, 0.15) is 5.75 Å². The van der Waals surface area contributed by atoms with E-state index in [0.29, 0.717) is 12.2 Å². The maximum absolute atomic E-state index is 11.7. The quantitative estimate of drug-likeness (QED) is 0.604. The monoisotopic (exact) mass is 348 g/mol. The Hall–Kier alpha value is -2.81. The predicted molar refractivity (Wildman–Crippen MR) is 105 cm³/mol. The minimum Gasteiger partial charge on any atom is -0.478 e. The van der Waals surface area contributed by atoms with Crippen LogP contribution in [0, 0.1) is 0 Å². The molecule has 0 saturated carbocycles. The molecular weight excluding hydrogens is 324 g/mol. The van der Waals surface area contributed by atoms with Crippen molar-refractivity contribution in [2.75, 3.05) is 0 Å². The number of hydrogen-bond acceptors (Lipinski definition) is 2. The summed E-state index contributed by atoms with van der Waals surface area (Å²) in [4.78, 5) is 11.7. The van der Waals surface area contributed by atoms with E-state index < -0.39 is 12.1 Å². The third-order valence-corrected chi connectivity index (χ3v) is 4.56. The van der Waals surface area contributed by atoms with Gasteiger partial charge in [-0.05, 0) is 35.4 Å². The van der Waals surface area contributed by atoms with Gasteiger partial charge in [-0.2, -0.15) is 0 Å². The van der Waals surface area contributed by atoms with Crippen molar-refractivity contribution in [2.45, 2.75) is 38.7 Å². The first-order valence-electron chi connectivity index (χ1n) is 9.12. The fraction of sp³-hybridized carbons (Fsp3) is 0.261. The van der Waals surface area contributed by atoms with E-state index in [4.69, 9.17) is 4.74 Å². The number of carbonyl (C=O) groups is 1. The molecule has 1 atom stereocenters. The van der Waals surface area contributed by atoms with Crippen LogP contribution in [0.25, 0.3) is 10.8 Å². The molecule has 0 aliphatic rings. The van der Waals surface area contributed by atoms with Crippen LogP contribution in [-0.4, -0.2) is 17.2 Å². The molecule has 134 valence electrons. The Morgan fingerprint density at radius 2 is 1.65 bits per heavy atom. The summed E-state index contributed by atoms with van der Waals surface area (Å²) in [7, 11) is 0. The summed E-state index contributed by atoms with van der Waals surface area (Å²) in [6, 6.07) is 21.7. The molecule has 1 N–H and O–H groups in total. The highest BCUT2D eigenvalue weighted by molar-refractivity contribution is 5.88. The summed E-state index contributed by atoms with van der Waals surface area (Å²) >= 11 is 0. The van der Waals surface area contributed by atoms with Crippen LogP contribution in [-0.2, 0) is 17.6 Å². The van der Waals surface area contributed by atoms with E-state index in [2.05, 4.69) is 19.1 Å². The summed E-state index contributed by atoms with van der Waals surface area (Å²) in [5.74, 6) is -0.344. The average Bonchev–Trinajstić information content (AvgIpc) is 2.67. The molecule has 0 fully saturated rings. The van der Waals surface area contributed by atoms with Gasteiger partial charge in [-0.1, -0.05) is 74.0 Å². The standard InChI is InChI=1S/C23H24O3/c1-2-3-7-17-12-14-18(15-13-17)16-22(23(24)25)26-21-11-6-9-19-8-4-5-10-20(19)21/h4-6,8-15,22H,2-3,7,16H2,1H3,(H,24,25)/t22-/m0/s1. The van der Waals surface area contributed by atoms with E-state index in [0.717, 1.165) is 22.8 Å². The van der Waals surface area contributed by atoms with E-state index >= 15 is 0 Å². The van der Waals surface area contributed by atoms with Gasteiger partial charge in [0.05, 0.1) is 0 Å². The lowest BCUT2D eigenvalue weighted by Gasteiger charge is -2.17. The first kappa shape index (κ1) is 18.0. The zero-order chi connectivity index (χ0) is 18.4. The summed E-state index contributed by atoms with van der Waals surface area (Å²) in [6.07, 6.45) is 2.82. The summed E-state index contributed by atoms with van der Waals surface area (Å²) in [6.45, 7) is 2.18. The van der Waals surface area contributed by atoms with Gasteiger partial charge in [0.25, 0.3) is 0 Å². The van der Waals surface area contributed by atoms with Crippen LogP contribution < -0.4 is 4.74 Å². The van der Waals surface area contributed by atoms with E-state index in [9.17, 15) is 9.90 Å². The number of aryl methyl sites for hydroxylation is 1. The Kier molecular flexibility index (Phi) is 5.90. The van der Waals surface area contributed by atoms with Gasteiger partial charge >= 0.3 is 5.97 Å². The molecular formula is C23H24O3. The normalized spacial score (nSPS) is 12.0. The highest BCUT2D eigenvalue weighted by Gasteiger charge is 2.21.